The van der Waals surface area contributed by atoms with Gasteiger partial charge in [-0.15, -0.1) is 11.3 Å². The van der Waals surface area contributed by atoms with E-state index in [2.05, 4.69) is 15.3 Å². The second kappa shape index (κ2) is 7.66. The van der Waals surface area contributed by atoms with Gasteiger partial charge in [-0.1, -0.05) is 6.07 Å². The maximum atomic E-state index is 11.5. The zero-order valence-corrected chi connectivity index (χ0v) is 14.2. The van der Waals surface area contributed by atoms with Gasteiger partial charge in [0.1, 0.15) is 4.88 Å². The Bertz CT molecular complexity index is 931. The summed E-state index contributed by atoms with van der Waals surface area (Å²) in [5, 5.41) is 26.0. The molecule has 0 saturated heterocycles. The Morgan fingerprint density at radius 2 is 1.73 bits per heavy atom. The normalized spacial score (nSPS) is 10.5. The number of hydrogen-bond acceptors (Lipinski definition) is 8. The lowest BCUT2D eigenvalue weighted by Crippen LogP contribution is -2.05. The van der Waals surface area contributed by atoms with Crippen molar-refractivity contribution < 1.29 is 9.85 Å². The molecule has 0 aliphatic heterocycles. The van der Waals surface area contributed by atoms with Crippen LogP contribution in [-0.2, 0) is 6.42 Å². The van der Waals surface area contributed by atoms with Crippen LogP contribution >= 0.6 is 11.3 Å². The minimum absolute atomic E-state index is 0.149. The minimum Gasteiger partial charge on any atom is -0.371 e. The van der Waals surface area contributed by atoms with Gasteiger partial charge in [0.25, 0.3) is 0 Å². The molecule has 0 amide bonds. The van der Waals surface area contributed by atoms with Gasteiger partial charge in [0.15, 0.2) is 5.00 Å². The van der Waals surface area contributed by atoms with E-state index in [1.807, 2.05) is 12.1 Å². The fourth-order valence-electron chi connectivity index (χ4n) is 2.41. The first-order valence-electron chi connectivity index (χ1n) is 7.57. The highest BCUT2D eigenvalue weighted by molar-refractivity contribution is 7.20. The molecule has 10 heteroatoms. The maximum Gasteiger partial charge on any atom is 0.380 e. The zero-order valence-electron chi connectivity index (χ0n) is 13.4. The largest absolute Gasteiger partial charge is 0.380 e. The molecule has 0 unspecified atom stereocenters. The van der Waals surface area contributed by atoms with Crippen LogP contribution in [0.4, 0.5) is 16.4 Å². The van der Waals surface area contributed by atoms with Crippen molar-refractivity contribution >= 4 is 27.7 Å². The summed E-state index contributed by atoms with van der Waals surface area (Å²) in [6.45, 7) is 0.393. The summed E-state index contributed by atoms with van der Waals surface area (Å²) in [5.41, 5.74) is 0.265. The smallest absolute Gasteiger partial charge is 0.371 e. The first-order chi connectivity index (χ1) is 12.6. The number of anilines is 1. The number of hydrogen-bond donors (Lipinski definition) is 1. The summed E-state index contributed by atoms with van der Waals surface area (Å²) in [5.74, 6) is 0. The lowest BCUT2D eigenvalue weighted by Gasteiger charge is -2.03. The molecule has 1 N–H and O–H groups in total. The number of aromatic nitrogens is 2. The average molecular weight is 371 g/mol. The number of nitrogens with one attached hydrogen (secondary N) is 1. The second-order valence-corrected chi connectivity index (χ2v) is 6.24. The monoisotopic (exact) mass is 371 g/mol. The highest BCUT2D eigenvalue weighted by Gasteiger charge is 2.37. The van der Waals surface area contributed by atoms with Crippen molar-refractivity contribution in [3.8, 4) is 10.6 Å². The van der Waals surface area contributed by atoms with Gasteiger partial charge < -0.3 is 5.32 Å². The van der Waals surface area contributed by atoms with E-state index in [9.17, 15) is 20.2 Å². The Kier molecular flexibility index (Phi) is 5.13. The van der Waals surface area contributed by atoms with E-state index in [4.69, 9.17) is 0 Å². The van der Waals surface area contributed by atoms with E-state index in [-0.39, 0.29) is 9.88 Å². The molecule has 26 heavy (non-hydrogen) atoms. The van der Waals surface area contributed by atoms with Crippen molar-refractivity contribution in [1.29, 1.82) is 0 Å². The molecule has 3 rings (SSSR count). The number of rotatable bonds is 7. The highest BCUT2D eigenvalue weighted by atomic mass is 32.1. The molecule has 3 aromatic rings. The van der Waals surface area contributed by atoms with Gasteiger partial charge >= 0.3 is 11.4 Å². The first kappa shape index (κ1) is 17.4. The molecule has 0 spiro atoms. The molecule has 0 atom stereocenters. The number of nitro groups is 2. The summed E-state index contributed by atoms with van der Waals surface area (Å²) in [4.78, 5) is 29.7. The molecule has 132 valence electrons. The van der Waals surface area contributed by atoms with Crippen molar-refractivity contribution in [3.05, 3.63) is 74.7 Å². The second-order valence-electron chi connectivity index (χ2n) is 5.22. The quantitative estimate of drug-likeness (QED) is 0.496. The third-order valence-electron chi connectivity index (χ3n) is 3.57. The van der Waals surface area contributed by atoms with Gasteiger partial charge in [0, 0.05) is 25.1 Å². The Morgan fingerprint density at radius 1 is 1.00 bits per heavy atom. The molecule has 0 saturated carbocycles. The maximum absolute atomic E-state index is 11.5. The average Bonchev–Trinajstić information content (AvgIpc) is 3.03. The summed E-state index contributed by atoms with van der Waals surface area (Å²) >= 11 is 0.962. The Hall–Kier alpha value is -3.40. The van der Waals surface area contributed by atoms with E-state index in [1.165, 1.54) is 6.20 Å². The molecule has 9 nitrogen and oxygen atoms in total. The van der Waals surface area contributed by atoms with E-state index in [0.29, 0.717) is 18.7 Å². The van der Waals surface area contributed by atoms with E-state index < -0.39 is 21.2 Å². The summed E-state index contributed by atoms with van der Waals surface area (Å²) < 4.78 is 0. The molecule has 0 aromatic carbocycles. The van der Waals surface area contributed by atoms with Crippen LogP contribution in [0.15, 0.2) is 48.9 Å². The number of thiophene rings is 1. The fraction of sp³-hybridized carbons (Fsp3) is 0.125. The lowest BCUT2D eigenvalue weighted by atomic mass is 10.2. The summed E-state index contributed by atoms with van der Waals surface area (Å²) in [6.07, 6.45) is 5.41. The van der Waals surface area contributed by atoms with Crippen molar-refractivity contribution in [2.24, 2.45) is 0 Å². The topological polar surface area (TPSA) is 124 Å². The predicted octanol–water partition coefficient (Wildman–Crippen LogP) is 3.68. The van der Waals surface area contributed by atoms with Gasteiger partial charge in [0.2, 0.25) is 0 Å². The summed E-state index contributed by atoms with van der Waals surface area (Å²) in [6, 6.07) is 8.61. The third-order valence-corrected chi connectivity index (χ3v) is 4.72. The van der Waals surface area contributed by atoms with Crippen molar-refractivity contribution in [2.75, 3.05) is 11.9 Å². The molecule has 0 radical (unpaired) electrons. The van der Waals surface area contributed by atoms with E-state index >= 15 is 0 Å². The molecular weight excluding hydrogens is 358 g/mol. The number of pyridine rings is 2. The molecule has 0 aliphatic rings. The molecule has 0 fully saturated rings. The molecule has 3 aromatic heterocycles. The third kappa shape index (κ3) is 3.64. The van der Waals surface area contributed by atoms with Gasteiger partial charge in [-0.05, 0) is 36.2 Å². The highest BCUT2D eigenvalue weighted by Crippen LogP contribution is 2.49. The van der Waals surface area contributed by atoms with Crippen LogP contribution in [0.3, 0.4) is 0 Å². The van der Waals surface area contributed by atoms with Crippen molar-refractivity contribution in [3.63, 3.8) is 0 Å². The van der Waals surface area contributed by atoms with Gasteiger partial charge in [-0.2, -0.15) is 0 Å². The molecule has 0 bridgehead atoms. The van der Waals surface area contributed by atoms with Crippen LogP contribution in [0, 0.1) is 20.2 Å². The molecule has 3 heterocycles. The van der Waals surface area contributed by atoms with Gasteiger partial charge in [0.05, 0.1) is 15.5 Å². The predicted molar refractivity (Wildman–Crippen MR) is 97.3 cm³/mol. The Labute approximate surface area is 151 Å². The minimum atomic E-state index is -0.729. The van der Waals surface area contributed by atoms with Crippen LogP contribution in [0.2, 0.25) is 0 Å². The SMILES string of the molecule is O=[N+]([O-])c1c(NCCc2ccncc2)sc(-c2ccccn2)c1[N+](=O)[O-]. The lowest BCUT2D eigenvalue weighted by molar-refractivity contribution is -0.420. The number of nitrogens with zero attached hydrogens (tertiary/aromatic N) is 4. The van der Waals surface area contributed by atoms with Gasteiger partial charge in [-0.25, -0.2) is 0 Å². The van der Waals surface area contributed by atoms with Crippen LogP contribution < -0.4 is 5.32 Å². The van der Waals surface area contributed by atoms with E-state index in [1.54, 1.807) is 30.6 Å². The van der Waals surface area contributed by atoms with Crippen LogP contribution in [-0.4, -0.2) is 26.4 Å². The van der Waals surface area contributed by atoms with Crippen LogP contribution in [0.25, 0.3) is 10.6 Å². The Morgan fingerprint density at radius 3 is 2.35 bits per heavy atom. The Balaban J connectivity index is 1.94. The van der Waals surface area contributed by atoms with Gasteiger partial charge in [-0.3, -0.25) is 30.2 Å². The standard InChI is InChI=1S/C16H13N5O4S/c22-20(23)13-14(21(24)25)16(19-10-6-11-4-8-17-9-5-11)26-15(13)12-3-1-2-7-18-12/h1-5,7-9,19H,6,10H2. The van der Waals surface area contributed by atoms with Crippen LogP contribution in [0.5, 0.6) is 0 Å². The van der Waals surface area contributed by atoms with E-state index in [0.717, 1.165) is 16.9 Å². The zero-order chi connectivity index (χ0) is 18.5. The summed E-state index contributed by atoms with van der Waals surface area (Å²) in [7, 11) is 0. The molecular formula is C16H13N5O4S. The first-order valence-corrected chi connectivity index (χ1v) is 8.39. The molecule has 0 aliphatic carbocycles. The van der Waals surface area contributed by atoms with Crippen molar-refractivity contribution in [2.45, 2.75) is 6.42 Å². The van der Waals surface area contributed by atoms with Crippen molar-refractivity contribution in [1.82, 2.24) is 9.97 Å². The van der Waals surface area contributed by atoms with Crippen LogP contribution in [0.1, 0.15) is 5.56 Å². The fourth-order valence-corrected chi connectivity index (χ4v) is 3.55.